The summed E-state index contributed by atoms with van der Waals surface area (Å²) in [4.78, 5) is 29.4. The van der Waals surface area contributed by atoms with Crippen LogP contribution in [0.4, 0.5) is 13.9 Å². The molecule has 2 heterocycles. The Balaban J connectivity index is 1.60. The molecule has 0 aliphatic carbocycles. The summed E-state index contributed by atoms with van der Waals surface area (Å²) >= 11 is 1.17. The van der Waals surface area contributed by atoms with Crippen molar-refractivity contribution in [3.05, 3.63) is 35.2 Å². The van der Waals surface area contributed by atoms with Gasteiger partial charge in [-0.25, -0.2) is 13.8 Å². The van der Waals surface area contributed by atoms with Crippen LogP contribution in [0.1, 0.15) is 13.3 Å². The molecule has 1 atom stereocenters. The van der Waals surface area contributed by atoms with E-state index in [2.05, 4.69) is 10.3 Å². The fourth-order valence-electron chi connectivity index (χ4n) is 2.85. The number of aromatic nitrogens is 1. The monoisotopic (exact) mass is 381 g/mol. The number of amides is 1. The third kappa shape index (κ3) is 3.88. The molecule has 9 heteroatoms. The largest absolute Gasteiger partial charge is 0.481 e. The number of benzene rings is 1. The van der Waals surface area contributed by atoms with E-state index in [1.165, 1.54) is 17.4 Å². The van der Waals surface area contributed by atoms with Crippen LogP contribution in [0.15, 0.2) is 23.6 Å². The molecule has 1 aliphatic rings. The van der Waals surface area contributed by atoms with E-state index in [0.29, 0.717) is 35.9 Å². The van der Waals surface area contributed by atoms with Crippen LogP contribution in [0.3, 0.4) is 0 Å². The van der Waals surface area contributed by atoms with Gasteiger partial charge in [-0.05, 0) is 38.1 Å². The van der Waals surface area contributed by atoms with Crippen LogP contribution < -0.4 is 5.32 Å². The molecule has 1 amide bonds. The predicted molar refractivity (Wildman–Crippen MR) is 92.9 cm³/mol. The Morgan fingerprint density at radius 2 is 2.15 bits per heavy atom. The number of likely N-dealkylation sites (tertiary alicyclic amines) is 1. The van der Waals surface area contributed by atoms with Gasteiger partial charge in [0.05, 0.1) is 17.7 Å². The number of anilines is 1. The lowest BCUT2D eigenvalue weighted by molar-refractivity contribution is -0.147. The zero-order valence-electron chi connectivity index (χ0n) is 14.0. The summed E-state index contributed by atoms with van der Waals surface area (Å²) < 4.78 is 26.3. The van der Waals surface area contributed by atoms with Crippen molar-refractivity contribution in [1.82, 2.24) is 9.88 Å². The van der Waals surface area contributed by atoms with E-state index >= 15 is 0 Å². The number of carboxylic acids is 1. The Morgan fingerprint density at radius 1 is 1.38 bits per heavy atom. The number of aliphatic carboxylic acids is 1. The fourth-order valence-corrected chi connectivity index (χ4v) is 3.58. The molecule has 1 aromatic carbocycles. The van der Waals surface area contributed by atoms with Crippen molar-refractivity contribution in [2.75, 3.05) is 25.0 Å². The van der Waals surface area contributed by atoms with Gasteiger partial charge < -0.3 is 10.4 Å². The minimum Gasteiger partial charge on any atom is -0.481 e. The van der Waals surface area contributed by atoms with Crippen molar-refractivity contribution in [3.63, 3.8) is 0 Å². The lowest BCUT2D eigenvalue weighted by Gasteiger charge is -2.19. The summed E-state index contributed by atoms with van der Waals surface area (Å²) in [7, 11) is 0. The highest BCUT2D eigenvalue weighted by atomic mass is 32.1. The van der Waals surface area contributed by atoms with Gasteiger partial charge >= 0.3 is 5.97 Å². The molecule has 0 saturated carbocycles. The summed E-state index contributed by atoms with van der Waals surface area (Å²) in [5, 5.41) is 13.9. The molecule has 6 nitrogen and oxygen atoms in total. The summed E-state index contributed by atoms with van der Waals surface area (Å²) in [6.45, 7) is 2.59. The average molecular weight is 381 g/mol. The third-order valence-electron chi connectivity index (χ3n) is 4.40. The summed E-state index contributed by atoms with van der Waals surface area (Å²) in [5.41, 5.74) is 0.0163. The summed E-state index contributed by atoms with van der Waals surface area (Å²) in [5.74, 6) is -3.06. The van der Waals surface area contributed by atoms with E-state index in [1.54, 1.807) is 17.2 Å². The minimum atomic E-state index is -0.961. The topological polar surface area (TPSA) is 82.5 Å². The molecule has 26 heavy (non-hydrogen) atoms. The van der Waals surface area contributed by atoms with Crippen LogP contribution in [0.25, 0.3) is 11.3 Å². The van der Waals surface area contributed by atoms with Gasteiger partial charge in [-0.1, -0.05) is 0 Å². The highest BCUT2D eigenvalue weighted by molar-refractivity contribution is 7.14. The van der Waals surface area contributed by atoms with Crippen LogP contribution in [-0.4, -0.2) is 46.5 Å². The predicted octanol–water partition coefficient (Wildman–Crippen LogP) is 2.82. The van der Waals surface area contributed by atoms with E-state index in [4.69, 9.17) is 0 Å². The molecule has 1 aromatic heterocycles. The number of halogens is 2. The Labute approximate surface area is 152 Å². The first kappa shape index (κ1) is 18.4. The summed E-state index contributed by atoms with van der Waals surface area (Å²) in [6, 6.07) is 3.48. The Kier molecular flexibility index (Phi) is 5.01. The minimum absolute atomic E-state index is 0.0724. The number of carbonyl (C=O) groups is 2. The first-order valence-electron chi connectivity index (χ1n) is 7.93. The molecule has 1 unspecified atom stereocenters. The molecule has 3 rings (SSSR count). The second kappa shape index (κ2) is 7.08. The standard InChI is InChI=1S/C17H17F2N3O3S/c1-17(15(24)25)4-5-22(9-17)7-14(23)21-16-20-13(8-26-16)10-2-3-11(18)12(19)6-10/h2-3,6,8H,4-5,7,9H2,1H3,(H,24,25)(H,20,21,23). The molecule has 1 aliphatic heterocycles. The van der Waals surface area contributed by atoms with E-state index in [1.807, 2.05) is 0 Å². The van der Waals surface area contributed by atoms with E-state index in [9.17, 15) is 23.5 Å². The molecule has 2 aromatic rings. The van der Waals surface area contributed by atoms with Crippen LogP contribution in [0.2, 0.25) is 0 Å². The van der Waals surface area contributed by atoms with Gasteiger partial charge in [0.2, 0.25) is 5.91 Å². The fraction of sp³-hybridized carbons (Fsp3) is 0.353. The van der Waals surface area contributed by atoms with Gasteiger partial charge in [0, 0.05) is 17.5 Å². The van der Waals surface area contributed by atoms with Gasteiger partial charge in [-0.2, -0.15) is 0 Å². The van der Waals surface area contributed by atoms with Crippen molar-refractivity contribution >= 4 is 28.3 Å². The number of hydrogen-bond acceptors (Lipinski definition) is 5. The maximum absolute atomic E-state index is 13.3. The molecular weight excluding hydrogens is 364 g/mol. The third-order valence-corrected chi connectivity index (χ3v) is 5.16. The first-order chi connectivity index (χ1) is 12.3. The number of hydrogen-bond donors (Lipinski definition) is 2. The van der Waals surface area contributed by atoms with Gasteiger partial charge in [0.1, 0.15) is 0 Å². The number of nitrogens with zero attached hydrogens (tertiary/aromatic N) is 2. The van der Waals surface area contributed by atoms with Crippen LogP contribution in [0, 0.1) is 17.0 Å². The molecule has 0 radical (unpaired) electrons. The van der Waals surface area contributed by atoms with E-state index in [-0.39, 0.29) is 12.5 Å². The molecule has 0 spiro atoms. The summed E-state index contributed by atoms with van der Waals surface area (Å²) in [6.07, 6.45) is 0.493. The smallest absolute Gasteiger partial charge is 0.310 e. The van der Waals surface area contributed by atoms with Crippen LogP contribution >= 0.6 is 11.3 Å². The lowest BCUT2D eigenvalue weighted by atomic mass is 9.90. The van der Waals surface area contributed by atoms with Crippen molar-refractivity contribution in [3.8, 4) is 11.3 Å². The van der Waals surface area contributed by atoms with E-state index in [0.717, 1.165) is 12.1 Å². The van der Waals surface area contributed by atoms with E-state index < -0.39 is 23.0 Å². The Morgan fingerprint density at radius 3 is 2.81 bits per heavy atom. The number of carbonyl (C=O) groups excluding carboxylic acids is 1. The SMILES string of the molecule is CC1(C(=O)O)CCN(CC(=O)Nc2nc(-c3ccc(F)c(F)c3)cs2)C1. The van der Waals surface area contributed by atoms with Gasteiger partial charge in [-0.15, -0.1) is 11.3 Å². The maximum atomic E-state index is 13.3. The highest BCUT2D eigenvalue weighted by Crippen LogP contribution is 2.30. The number of thiazole rings is 1. The van der Waals surface area contributed by atoms with Gasteiger partial charge in [0.15, 0.2) is 16.8 Å². The molecule has 2 N–H and O–H groups in total. The molecular formula is C17H17F2N3O3S. The number of carboxylic acid groups (broad SMARTS) is 1. The second-order valence-electron chi connectivity index (χ2n) is 6.54. The first-order valence-corrected chi connectivity index (χ1v) is 8.81. The Bertz CT molecular complexity index is 858. The zero-order chi connectivity index (χ0) is 18.9. The van der Waals surface area contributed by atoms with Gasteiger partial charge in [0.25, 0.3) is 0 Å². The highest BCUT2D eigenvalue weighted by Gasteiger charge is 2.40. The maximum Gasteiger partial charge on any atom is 0.310 e. The number of nitrogens with one attached hydrogen (secondary N) is 1. The molecule has 1 saturated heterocycles. The Hall–Kier alpha value is -2.39. The normalized spacial score (nSPS) is 20.3. The van der Waals surface area contributed by atoms with Gasteiger partial charge in [-0.3, -0.25) is 14.5 Å². The van der Waals surface area contributed by atoms with Crippen molar-refractivity contribution in [1.29, 1.82) is 0 Å². The molecule has 0 bridgehead atoms. The van der Waals surface area contributed by atoms with Crippen molar-refractivity contribution in [2.24, 2.45) is 5.41 Å². The lowest BCUT2D eigenvalue weighted by Crippen LogP contribution is -2.35. The van der Waals surface area contributed by atoms with Crippen molar-refractivity contribution < 1.29 is 23.5 Å². The quantitative estimate of drug-likeness (QED) is 0.832. The molecule has 1 fully saturated rings. The molecule has 138 valence electrons. The van der Waals surface area contributed by atoms with Crippen LogP contribution in [-0.2, 0) is 9.59 Å². The van der Waals surface area contributed by atoms with Crippen molar-refractivity contribution in [2.45, 2.75) is 13.3 Å². The zero-order valence-corrected chi connectivity index (χ0v) is 14.8. The number of rotatable bonds is 5. The second-order valence-corrected chi connectivity index (χ2v) is 7.40. The van der Waals surface area contributed by atoms with Crippen LogP contribution in [0.5, 0.6) is 0 Å². The average Bonchev–Trinajstić information content (AvgIpc) is 3.18.